The van der Waals surface area contributed by atoms with Gasteiger partial charge in [0.1, 0.15) is 11.8 Å². The molecule has 1 atom stereocenters. The second-order valence-electron chi connectivity index (χ2n) is 10.9. The van der Waals surface area contributed by atoms with Crippen molar-refractivity contribution in [2.45, 2.75) is 38.1 Å². The van der Waals surface area contributed by atoms with E-state index >= 15 is 0 Å². The summed E-state index contributed by atoms with van der Waals surface area (Å²) >= 11 is 0. The number of carbonyl (C=O) groups is 2. The van der Waals surface area contributed by atoms with E-state index in [2.05, 4.69) is 10.6 Å². The molecule has 0 heterocycles. The number of carbonyl (C=O) groups excluding carboxylic acids is 2. The van der Waals surface area contributed by atoms with Crippen molar-refractivity contribution in [3.63, 3.8) is 0 Å². The van der Waals surface area contributed by atoms with E-state index in [1.54, 1.807) is 67.8 Å². The summed E-state index contributed by atoms with van der Waals surface area (Å²) in [5.41, 5.74) is 1.32. The maximum Gasteiger partial charge on any atom is 0.251 e. The molecule has 40 heavy (non-hydrogen) atoms. The molecule has 4 rings (SSSR count). The standard InChI is InChI=1S/C32H34N2O5S/c1-32(2,3)21-40(37,38)29-15-9-12-25-26(29)13-8-14-27(25)33-31(36)28(20-22-10-6-5-7-11-22)34-30(35)23-16-18-24(39-4)19-17-23/h5-19,28H,20-21H2,1-4H3,(H,33,36)(H,34,35)/t28-/m0/s1. The highest BCUT2D eigenvalue weighted by atomic mass is 32.2. The highest BCUT2D eigenvalue weighted by molar-refractivity contribution is 7.91. The number of benzene rings is 4. The highest BCUT2D eigenvalue weighted by Crippen LogP contribution is 2.32. The average molecular weight is 559 g/mol. The van der Waals surface area contributed by atoms with Crippen LogP contribution in [0, 0.1) is 5.41 Å². The van der Waals surface area contributed by atoms with E-state index < -0.39 is 33.1 Å². The molecule has 7 nitrogen and oxygen atoms in total. The summed E-state index contributed by atoms with van der Waals surface area (Å²) in [6.07, 6.45) is 0.268. The first-order chi connectivity index (χ1) is 19.0. The maximum atomic E-state index is 13.6. The molecule has 0 saturated heterocycles. The predicted molar refractivity (Wildman–Crippen MR) is 158 cm³/mol. The van der Waals surface area contributed by atoms with Crippen LogP contribution < -0.4 is 15.4 Å². The number of hydrogen-bond donors (Lipinski definition) is 2. The first-order valence-electron chi connectivity index (χ1n) is 13.0. The molecule has 0 aromatic heterocycles. The van der Waals surface area contributed by atoms with Crippen LogP contribution in [0.2, 0.25) is 0 Å². The number of ether oxygens (including phenoxy) is 1. The van der Waals surface area contributed by atoms with Gasteiger partial charge in [-0.15, -0.1) is 0 Å². The van der Waals surface area contributed by atoms with Gasteiger partial charge < -0.3 is 15.4 Å². The Balaban J connectivity index is 1.65. The van der Waals surface area contributed by atoms with Gasteiger partial charge in [-0.3, -0.25) is 9.59 Å². The number of sulfone groups is 1. The Morgan fingerprint density at radius 3 is 2.12 bits per heavy atom. The van der Waals surface area contributed by atoms with Gasteiger partial charge in [-0.05, 0) is 47.4 Å². The van der Waals surface area contributed by atoms with Gasteiger partial charge in [0.25, 0.3) is 5.91 Å². The molecular formula is C32H34N2O5S. The van der Waals surface area contributed by atoms with Crippen LogP contribution in [-0.2, 0) is 21.1 Å². The highest BCUT2D eigenvalue weighted by Gasteiger charge is 2.26. The monoisotopic (exact) mass is 558 g/mol. The predicted octanol–water partition coefficient (Wildman–Crippen LogP) is 5.65. The average Bonchev–Trinajstić information content (AvgIpc) is 2.91. The van der Waals surface area contributed by atoms with Gasteiger partial charge in [0.15, 0.2) is 9.84 Å². The van der Waals surface area contributed by atoms with Gasteiger partial charge in [-0.25, -0.2) is 8.42 Å². The zero-order chi connectivity index (χ0) is 28.9. The molecule has 8 heteroatoms. The fourth-order valence-electron chi connectivity index (χ4n) is 4.57. The van der Waals surface area contributed by atoms with E-state index in [0.29, 0.717) is 27.8 Å². The number of amides is 2. The summed E-state index contributed by atoms with van der Waals surface area (Å²) in [7, 11) is -2.03. The lowest BCUT2D eigenvalue weighted by Crippen LogP contribution is -2.45. The molecule has 4 aromatic rings. The first-order valence-corrected chi connectivity index (χ1v) is 14.7. The molecular weight excluding hydrogens is 524 g/mol. The largest absolute Gasteiger partial charge is 0.497 e. The minimum atomic E-state index is -3.58. The number of rotatable bonds is 9. The maximum absolute atomic E-state index is 13.6. The van der Waals surface area contributed by atoms with Crippen LogP contribution in [-0.4, -0.2) is 39.1 Å². The quantitative estimate of drug-likeness (QED) is 0.277. The second-order valence-corrected chi connectivity index (χ2v) is 12.9. The Hall–Kier alpha value is -4.17. The lowest BCUT2D eigenvalue weighted by Gasteiger charge is -2.21. The molecule has 4 aromatic carbocycles. The molecule has 208 valence electrons. The minimum absolute atomic E-state index is 0.00770. The van der Waals surface area contributed by atoms with E-state index in [1.807, 2.05) is 51.1 Å². The number of fused-ring (bicyclic) bond motifs is 1. The zero-order valence-electron chi connectivity index (χ0n) is 23.1. The molecule has 0 unspecified atom stereocenters. The van der Waals surface area contributed by atoms with Crippen molar-refractivity contribution in [3.05, 3.63) is 102 Å². The Morgan fingerprint density at radius 1 is 0.825 bits per heavy atom. The van der Waals surface area contributed by atoms with E-state index in [4.69, 9.17) is 4.74 Å². The third kappa shape index (κ3) is 7.07. The van der Waals surface area contributed by atoms with Crippen molar-refractivity contribution in [2.24, 2.45) is 5.41 Å². The van der Waals surface area contributed by atoms with Gasteiger partial charge in [0.2, 0.25) is 5.91 Å². The van der Waals surface area contributed by atoms with Crippen LogP contribution in [0.1, 0.15) is 36.7 Å². The van der Waals surface area contributed by atoms with Crippen molar-refractivity contribution in [1.82, 2.24) is 5.32 Å². The number of anilines is 1. The van der Waals surface area contributed by atoms with Crippen LogP contribution >= 0.6 is 0 Å². The summed E-state index contributed by atoms with van der Waals surface area (Å²) in [6, 6.07) is 25.4. The van der Waals surface area contributed by atoms with Crippen molar-refractivity contribution in [1.29, 1.82) is 0 Å². The molecule has 0 radical (unpaired) electrons. The number of hydrogen-bond acceptors (Lipinski definition) is 5. The third-order valence-electron chi connectivity index (χ3n) is 6.35. The molecule has 2 N–H and O–H groups in total. The van der Waals surface area contributed by atoms with Crippen molar-refractivity contribution < 1.29 is 22.7 Å². The number of methoxy groups -OCH3 is 1. The second kappa shape index (κ2) is 11.9. The Morgan fingerprint density at radius 2 is 1.48 bits per heavy atom. The lowest BCUT2D eigenvalue weighted by atomic mass is 10.0. The van der Waals surface area contributed by atoms with Gasteiger partial charge in [0, 0.05) is 28.4 Å². The summed E-state index contributed by atoms with van der Waals surface area (Å²) in [6.45, 7) is 5.65. The molecule has 0 aliphatic carbocycles. The van der Waals surface area contributed by atoms with Crippen LogP contribution in [0.25, 0.3) is 10.8 Å². The van der Waals surface area contributed by atoms with Crippen LogP contribution in [0.15, 0.2) is 95.9 Å². The van der Waals surface area contributed by atoms with Crippen LogP contribution in [0.5, 0.6) is 5.75 Å². The Kier molecular flexibility index (Phi) is 8.59. The molecule has 0 spiro atoms. The Bertz CT molecular complexity index is 1610. The van der Waals surface area contributed by atoms with Crippen LogP contribution in [0.4, 0.5) is 5.69 Å². The van der Waals surface area contributed by atoms with Gasteiger partial charge in [-0.2, -0.15) is 0 Å². The topological polar surface area (TPSA) is 102 Å². The normalized spacial score (nSPS) is 12.5. The van der Waals surface area contributed by atoms with E-state index in [9.17, 15) is 18.0 Å². The van der Waals surface area contributed by atoms with Crippen molar-refractivity contribution in [2.75, 3.05) is 18.2 Å². The molecule has 0 bridgehead atoms. The smallest absolute Gasteiger partial charge is 0.251 e. The van der Waals surface area contributed by atoms with E-state index in [1.165, 1.54) is 0 Å². The molecule has 0 aliphatic rings. The zero-order valence-corrected chi connectivity index (χ0v) is 23.9. The number of nitrogens with one attached hydrogen (secondary N) is 2. The van der Waals surface area contributed by atoms with E-state index in [0.717, 1.165) is 5.56 Å². The lowest BCUT2D eigenvalue weighted by molar-refractivity contribution is -0.118. The summed E-state index contributed by atoms with van der Waals surface area (Å²) in [5.74, 6) is -0.199. The van der Waals surface area contributed by atoms with Crippen LogP contribution in [0.3, 0.4) is 0 Å². The van der Waals surface area contributed by atoms with Gasteiger partial charge in [0.05, 0.1) is 17.8 Å². The fourth-order valence-corrected chi connectivity index (χ4v) is 6.67. The summed E-state index contributed by atoms with van der Waals surface area (Å²) in [4.78, 5) is 26.9. The SMILES string of the molecule is COc1ccc(C(=O)N[C@@H](Cc2ccccc2)C(=O)Nc2cccc3c(S(=O)(=O)CC(C)(C)C)cccc23)cc1. The molecule has 2 amide bonds. The summed E-state index contributed by atoms with van der Waals surface area (Å²) in [5, 5.41) is 6.94. The Labute approximate surface area is 235 Å². The van der Waals surface area contributed by atoms with Gasteiger partial charge >= 0.3 is 0 Å². The first kappa shape index (κ1) is 28.8. The van der Waals surface area contributed by atoms with E-state index in [-0.39, 0.29) is 17.1 Å². The third-order valence-corrected chi connectivity index (χ3v) is 8.63. The molecule has 0 fully saturated rings. The van der Waals surface area contributed by atoms with Crippen molar-refractivity contribution >= 4 is 38.1 Å². The summed E-state index contributed by atoms with van der Waals surface area (Å²) < 4.78 is 31.7. The minimum Gasteiger partial charge on any atom is -0.497 e. The molecule has 0 aliphatic heterocycles. The fraction of sp³-hybridized carbons (Fsp3) is 0.250. The van der Waals surface area contributed by atoms with Gasteiger partial charge in [-0.1, -0.05) is 75.4 Å². The van der Waals surface area contributed by atoms with Crippen molar-refractivity contribution in [3.8, 4) is 5.75 Å². The molecule has 0 saturated carbocycles.